The number of aromatic nitrogens is 2. The number of aliphatic hydroxyl groups excluding tert-OH is 1. The molecule has 1 unspecified atom stereocenters. The van der Waals surface area contributed by atoms with Crippen LogP contribution in [0, 0.1) is 0 Å². The van der Waals surface area contributed by atoms with E-state index in [1.165, 1.54) is 16.7 Å². The van der Waals surface area contributed by atoms with Gasteiger partial charge in [-0.15, -0.1) is 0 Å². The number of hydrogen-bond donors (Lipinski definition) is 2. The third kappa shape index (κ3) is 4.47. The Morgan fingerprint density at radius 2 is 1.79 bits per heavy atom. The molecule has 33 heavy (non-hydrogen) atoms. The maximum Gasteiger partial charge on any atom is 0.387 e. The van der Waals surface area contributed by atoms with Gasteiger partial charge in [-0.25, -0.2) is 4.79 Å². The second-order valence-electron chi connectivity index (χ2n) is 7.68. The molecule has 2 N–H and O–H groups in total. The summed E-state index contributed by atoms with van der Waals surface area (Å²) in [6.45, 7) is -2.60. The van der Waals surface area contributed by atoms with Crippen molar-refractivity contribution in [1.82, 2.24) is 9.13 Å². The largest absolute Gasteiger partial charge is 0.435 e. The predicted molar refractivity (Wildman–Crippen MR) is 120 cm³/mol. The predicted octanol–water partition coefficient (Wildman–Crippen LogP) is 2.66. The molecule has 1 aromatic heterocycles. The number of fused-ring (bicyclic) bond motifs is 1. The molecule has 2 heterocycles. The van der Waals surface area contributed by atoms with Gasteiger partial charge in [0.2, 0.25) is 0 Å². The van der Waals surface area contributed by atoms with Gasteiger partial charge in [0, 0.05) is 26.7 Å². The summed E-state index contributed by atoms with van der Waals surface area (Å²) in [6.07, 6.45) is -0.248. The number of halogens is 2. The van der Waals surface area contributed by atoms with Crippen LogP contribution >= 0.6 is 0 Å². The van der Waals surface area contributed by atoms with Crippen molar-refractivity contribution in [2.45, 2.75) is 32.3 Å². The Hall–Kier alpha value is -3.66. The zero-order chi connectivity index (χ0) is 23.5. The van der Waals surface area contributed by atoms with Gasteiger partial charge in [-0.05, 0) is 29.7 Å². The number of nitrogens with one attached hydrogen (secondary N) is 1. The van der Waals surface area contributed by atoms with Crippen molar-refractivity contribution in [2.24, 2.45) is 7.05 Å². The minimum absolute atomic E-state index is 0.0256. The molecule has 1 aliphatic rings. The molecular weight excluding hydrogens is 434 g/mol. The van der Waals surface area contributed by atoms with Crippen LogP contribution in [0.5, 0.6) is 5.75 Å². The molecule has 1 atom stereocenters. The highest BCUT2D eigenvalue weighted by atomic mass is 19.3. The van der Waals surface area contributed by atoms with Crippen molar-refractivity contribution in [1.29, 1.82) is 0 Å². The lowest BCUT2D eigenvalue weighted by molar-refractivity contribution is -0.0498. The Balaban J connectivity index is 1.80. The monoisotopic (exact) mass is 458 g/mol. The number of alkyl halides is 2. The van der Waals surface area contributed by atoms with Crippen LogP contribution in [0.2, 0.25) is 0 Å². The lowest BCUT2D eigenvalue weighted by atomic mass is 10.1. The summed E-state index contributed by atoms with van der Waals surface area (Å²) in [5.74, 6) is 0.400. The molecule has 8 nitrogen and oxygen atoms in total. The van der Waals surface area contributed by atoms with Crippen LogP contribution < -0.4 is 26.2 Å². The highest BCUT2D eigenvalue weighted by molar-refractivity contribution is 5.73. The Labute approximate surface area is 188 Å². The average Bonchev–Trinajstić information content (AvgIpc) is 3.18. The zero-order valence-corrected chi connectivity index (χ0v) is 17.9. The van der Waals surface area contributed by atoms with Gasteiger partial charge in [-0.1, -0.05) is 42.5 Å². The van der Waals surface area contributed by atoms with Crippen LogP contribution in [0.3, 0.4) is 0 Å². The highest BCUT2D eigenvalue weighted by Crippen LogP contribution is 2.39. The van der Waals surface area contributed by atoms with Crippen molar-refractivity contribution < 1.29 is 18.6 Å². The number of ether oxygens (including phenoxy) is 1. The number of aliphatic hydroxyl groups is 1. The minimum Gasteiger partial charge on any atom is -0.435 e. The first-order chi connectivity index (χ1) is 15.9. The topological polar surface area (TPSA) is 88.7 Å². The van der Waals surface area contributed by atoms with Gasteiger partial charge in [-0.2, -0.15) is 8.78 Å². The van der Waals surface area contributed by atoms with E-state index in [9.17, 15) is 23.5 Å². The second-order valence-corrected chi connectivity index (χ2v) is 7.68. The molecule has 0 bridgehead atoms. The van der Waals surface area contributed by atoms with Crippen molar-refractivity contribution in [2.75, 3.05) is 16.8 Å². The number of nitrogens with zero attached hydrogens (tertiary/aromatic N) is 3. The Kier molecular flexibility index (Phi) is 6.45. The summed E-state index contributed by atoms with van der Waals surface area (Å²) in [7, 11) is 1.58. The van der Waals surface area contributed by atoms with E-state index >= 15 is 0 Å². The van der Waals surface area contributed by atoms with Crippen LogP contribution in [0.25, 0.3) is 0 Å². The maximum atomic E-state index is 13.4. The van der Waals surface area contributed by atoms with Crippen LogP contribution in [0.4, 0.5) is 20.3 Å². The van der Waals surface area contributed by atoms with E-state index < -0.39 is 24.0 Å². The van der Waals surface area contributed by atoms with E-state index in [-0.39, 0.29) is 25.3 Å². The zero-order valence-electron chi connectivity index (χ0n) is 17.9. The van der Waals surface area contributed by atoms with Gasteiger partial charge in [0.1, 0.15) is 23.4 Å². The standard InChI is InChI=1S/C23H24F2N4O4/c1-27-20-18(21(31)28(23(27)32)12-5-13-30)29(14-15-6-3-2-4-7-15)19(26-20)16-8-10-17(11-9-16)33-22(24)25/h2-4,6-11,19,22,26,30H,5,12-14H2,1H3. The SMILES string of the molecule is Cn1c2c(c(=O)n(CCCO)c1=O)N(Cc1ccccc1)C(c1ccc(OC(F)F)cc1)N2. The van der Waals surface area contributed by atoms with E-state index in [2.05, 4.69) is 10.1 Å². The van der Waals surface area contributed by atoms with Crippen molar-refractivity contribution in [3.63, 3.8) is 0 Å². The first kappa shape index (κ1) is 22.5. The highest BCUT2D eigenvalue weighted by Gasteiger charge is 2.35. The fourth-order valence-electron chi connectivity index (χ4n) is 3.98. The summed E-state index contributed by atoms with van der Waals surface area (Å²) in [5, 5.41) is 12.4. The van der Waals surface area contributed by atoms with Gasteiger partial charge in [0.25, 0.3) is 5.56 Å². The van der Waals surface area contributed by atoms with E-state index in [0.29, 0.717) is 23.6 Å². The number of benzene rings is 2. The molecule has 0 fully saturated rings. The van der Waals surface area contributed by atoms with Crippen LogP contribution in [-0.4, -0.2) is 27.5 Å². The third-order valence-corrected chi connectivity index (χ3v) is 5.55. The molecule has 0 radical (unpaired) electrons. The van der Waals surface area contributed by atoms with Crippen LogP contribution in [-0.2, 0) is 20.1 Å². The molecule has 0 saturated carbocycles. The first-order valence-electron chi connectivity index (χ1n) is 10.5. The molecule has 0 aliphatic carbocycles. The van der Waals surface area contributed by atoms with Gasteiger partial charge < -0.3 is 20.1 Å². The second kappa shape index (κ2) is 9.45. The first-order valence-corrected chi connectivity index (χ1v) is 10.5. The Morgan fingerprint density at radius 3 is 2.42 bits per heavy atom. The normalized spacial score (nSPS) is 14.9. The summed E-state index contributed by atoms with van der Waals surface area (Å²) >= 11 is 0. The lowest BCUT2D eigenvalue weighted by Gasteiger charge is -2.27. The van der Waals surface area contributed by atoms with Gasteiger partial charge in [0.15, 0.2) is 0 Å². The number of rotatable bonds is 8. The summed E-state index contributed by atoms with van der Waals surface area (Å²) < 4.78 is 32.0. The molecule has 0 saturated heterocycles. The lowest BCUT2D eigenvalue weighted by Crippen LogP contribution is -2.41. The molecule has 2 aromatic carbocycles. The van der Waals surface area contributed by atoms with E-state index in [4.69, 9.17) is 0 Å². The average molecular weight is 458 g/mol. The van der Waals surface area contributed by atoms with Gasteiger partial charge >= 0.3 is 12.3 Å². The van der Waals surface area contributed by atoms with E-state index in [1.807, 2.05) is 35.2 Å². The van der Waals surface area contributed by atoms with Gasteiger partial charge in [0.05, 0.1) is 0 Å². The molecule has 10 heteroatoms. The summed E-state index contributed by atoms with van der Waals surface area (Å²) in [4.78, 5) is 28.0. The van der Waals surface area contributed by atoms with Crippen molar-refractivity contribution in [3.05, 3.63) is 86.6 Å². The van der Waals surface area contributed by atoms with Gasteiger partial charge in [-0.3, -0.25) is 13.9 Å². The molecular formula is C23H24F2N4O4. The quantitative estimate of drug-likeness (QED) is 0.540. The molecule has 0 spiro atoms. The summed E-state index contributed by atoms with van der Waals surface area (Å²) in [6, 6.07) is 15.7. The fraction of sp³-hybridized carbons (Fsp3) is 0.304. The van der Waals surface area contributed by atoms with E-state index in [0.717, 1.165) is 10.1 Å². The van der Waals surface area contributed by atoms with E-state index in [1.54, 1.807) is 19.2 Å². The smallest absolute Gasteiger partial charge is 0.387 e. The third-order valence-electron chi connectivity index (χ3n) is 5.55. The van der Waals surface area contributed by atoms with Crippen molar-refractivity contribution in [3.8, 4) is 5.75 Å². The maximum absolute atomic E-state index is 13.4. The number of anilines is 2. The fourth-order valence-corrected chi connectivity index (χ4v) is 3.98. The minimum atomic E-state index is -2.92. The van der Waals surface area contributed by atoms with Crippen LogP contribution in [0.1, 0.15) is 23.7 Å². The van der Waals surface area contributed by atoms with Crippen LogP contribution in [0.15, 0.2) is 64.2 Å². The van der Waals surface area contributed by atoms with Crippen molar-refractivity contribution >= 4 is 11.5 Å². The molecule has 1 aliphatic heterocycles. The Morgan fingerprint density at radius 1 is 1.09 bits per heavy atom. The molecule has 4 rings (SSSR count). The number of hydrogen-bond acceptors (Lipinski definition) is 6. The summed E-state index contributed by atoms with van der Waals surface area (Å²) in [5.41, 5.74) is 1.05. The molecule has 174 valence electrons. The molecule has 3 aromatic rings. The molecule has 0 amide bonds. The Bertz CT molecular complexity index is 1230.